The van der Waals surface area contributed by atoms with Crippen molar-refractivity contribution in [3.63, 3.8) is 0 Å². The number of nitrogens with one attached hydrogen (secondary N) is 1. The average molecular weight is 317 g/mol. The summed E-state index contributed by atoms with van der Waals surface area (Å²) in [6, 6.07) is 5.36. The summed E-state index contributed by atoms with van der Waals surface area (Å²) in [5.74, 6) is 0.291. The Hall–Kier alpha value is -0.720. The number of hydrogen-bond acceptors (Lipinski definition) is 4. The van der Waals surface area contributed by atoms with Crippen LogP contribution in [0.3, 0.4) is 0 Å². The lowest BCUT2D eigenvalue weighted by Gasteiger charge is -2.25. The fourth-order valence-corrected chi connectivity index (χ4v) is 6.58. The van der Waals surface area contributed by atoms with Gasteiger partial charge >= 0.3 is 0 Å². The maximum Gasteiger partial charge on any atom is 0.161 e. The summed E-state index contributed by atoms with van der Waals surface area (Å²) in [4.78, 5) is 1.82. The number of benzene rings is 1. The smallest absolute Gasteiger partial charge is 0.161 e. The van der Waals surface area contributed by atoms with Crippen LogP contribution in [0.25, 0.3) is 0 Å². The third kappa shape index (κ3) is 2.26. The molecule has 3 rings (SSSR count). The van der Waals surface area contributed by atoms with Gasteiger partial charge in [0.15, 0.2) is 15.0 Å². The van der Waals surface area contributed by atoms with Gasteiger partial charge in [-0.25, -0.2) is 8.42 Å². The van der Waals surface area contributed by atoms with Crippen molar-refractivity contribution in [2.24, 2.45) is 0 Å². The Bertz CT molecular complexity index is 660. The Morgan fingerprint density at radius 3 is 2.89 bits per heavy atom. The number of hydrogen-bond donors (Lipinski definition) is 1. The molecule has 1 N–H and O–H groups in total. The van der Waals surface area contributed by atoms with Crippen molar-refractivity contribution in [2.75, 3.05) is 16.4 Å². The zero-order chi connectivity index (χ0) is 13.8. The van der Waals surface area contributed by atoms with Crippen LogP contribution in [-0.2, 0) is 9.84 Å². The fourth-order valence-electron chi connectivity index (χ4n) is 2.63. The summed E-state index contributed by atoms with van der Waals surface area (Å²) >= 11 is 7.36. The van der Waals surface area contributed by atoms with Gasteiger partial charge in [-0.3, -0.25) is 5.41 Å². The van der Waals surface area contributed by atoms with Gasteiger partial charge in [-0.1, -0.05) is 29.4 Å². The molecule has 2 unspecified atom stereocenters. The van der Waals surface area contributed by atoms with Crippen molar-refractivity contribution >= 4 is 44.1 Å². The summed E-state index contributed by atoms with van der Waals surface area (Å²) in [6.07, 6.45) is 0. The monoisotopic (exact) mass is 316 g/mol. The Balaban J connectivity index is 2.04. The Morgan fingerprint density at radius 2 is 2.16 bits per heavy atom. The van der Waals surface area contributed by atoms with Gasteiger partial charge in [-0.05, 0) is 24.6 Å². The maximum atomic E-state index is 11.7. The van der Waals surface area contributed by atoms with E-state index < -0.39 is 9.84 Å². The van der Waals surface area contributed by atoms with E-state index in [0.29, 0.717) is 10.2 Å². The van der Waals surface area contributed by atoms with E-state index in [1.807, 2.05) is 17.9 Å². The topological polar surface area (TPSA) is 61.2 Å². The van der Waals surface area contributed by atoms with Gasteiger partial charge in [0.05, 0.1) is 17.5 Å². The highest BCUT2D eigenvalue weighted by atomic mass is 35.5. The lowest BCUT2D eigenvalue weighted by Crippen LogP contribution is -2.37. The molecule has 0 saturated carbocycles. The third-order valence-corrected chi connectivity index (χ3v) is 6.88. The second-order valence-corrected chi connectivity index (χ2v) is 8.72. The van der Waals surface area contributed by atoms with E-state index in [1.165, 1.54) is 11.8 Å². The van der Waals surface area contributed by atoms with Crippen LogP contribution >= 0.6 is 23.4 Å². The number of aryl methyl sites for hydroxylation is 1. The quantitative estimate of drug-likeness (QED) is 0.863. The molecule has 1 aromatic rings. The lowest BCUT2D eigenvalue weighted by molar-refractivity contribution is 0.601. The largest absolute Gasteiger partial charge is 0.316 e. The molecule has 19 heavy (non-hydrogen) atoms. The molecule has 0 amide bonds. The van der Waals surface area contributed by atoms with Crippen LogP contribution in [0.1, 0.15) is 5.56 Å². The highest BCUT2D eigenvalue weighted by Gasteiger charge is 2.48. The van der Waals surface area contributed by atoms with Crippen molar-refractivity contribution in [3.05, 3.63) is 28.8 Å². The van der Waals surface area contributed by atoms with Gasteiger partial charge < -0.3 is 4.90 Å². The first-order valence-electron chi connectivity index (χ1n) is 5.88. The predicted octanol–water partition coefficient (Wildman–Crippen LogP) is 2.30. The van der Waals surface area contributed by atoms with E-state index in [4.69, 9.17) is 17.0 Å². The summed E-state index contributed by atoms with van der Waals surface area (Å²) in [5, 5.41) is 9.07. The van der Waals surface area contributed by atoms with Crippen LogP contribution < -0.4 is 4.90 Å². The van der Waals surface area contributed by atoms with E-state index in [1.54, 1.807) is 12.1 Å². The maximum absolute atomic E-state index is 11.7. The van der Waals surface area contributed by atoms with E-state index in [0.717, 1.165) is 11.3 Å². The van der Waals surface area contributed by atoms with Gasteiger partial charge in [0, 0.05) is 16.0 Å². The first-order valence-corrected chi connectivity index (χ1v) is 8.96. The number of nitrogens with zero attached hydrogens (tertiary/aromatic N) is 1. The molecule has 2 fully saturated rings. The van der Waals surface area contributed by atoms with Crippen molar-refractivity contribution in [1.82, 2.24) is 0 Å². The zero-order valence-corrected chi connectivity index (χ0v) is 12.6. The molecule has 0 aliphatic carbocycles. The highest BCUT2D eigenvalue weighted by molar-refractivity contribution is 8.15. The molecule has 0 bridgehead atoms. The van der Waals surface area contributed by atoms with Crippen molar-refractivity contribution in [2.45, 2.75) is 18.2 Å². The van der Waals surface area contributed by atoms with Crippen molar-refractivity contribution < 1.29 is 8.42 Å². The first kappa shape index (κ1) is 13.3. The molecule has 0 spiro atoms. The SMILES string of the molecule is Cc1ccc(Cl)cc1N1C(=N)SC2CS(=O)(=O)CC21. The molecular weight excluding hydrogens is 304 g/mol. The Morgan fingerprint density at radius 1 is 1.42 bits per heavy atom. The van der Waals surface area contributed by atoms with Crippen LogP contribution in [0.4, 0.5) is 5.69 Å². The van der Waals surface area contributed by atoms with Crippen LogP contribution in [0, 0.1) is 12.3 Å². The molecule has 1 aromatic carbocycles. The molecule has 4 nitrogen and oxygen atoms in total. The number of halogens is 1. The summed E-state index contributed by atoms with van der Waals surface area (Å²) in [5.41, 5.74) is 1.84. The molecule has 0 aromatic heterocycles. The fraction of sp³-hybridized carbons (Fsp3) is 0.417. The number of thioether (sulfide) groups is 1. The van der Waals surface area contributed by atoms with E-state index in [9.17, 15) is 8.42 Å². The van der Waals surface area contributed by atoms with E-state index >= 15 is 0 Å². The average Bonchev–Trinajstić information content (AvgIpc) is 2.73. The minimum absolute atomic E-state index is 0.0316. The van der Waals surface area contributed by atoms with Gasteiger partial charge in [-0.2, -0.15) is 0 Å². The normalized spacial score (nSPS) is 28.7. The van der Waals surface area contributed by atoms with Gasteiger partial charge in [-0.15, -0.1) is 0 Å². The van der Waals surface area contributed by atoms with Crippen molar-refractivity contribution in [1.29, 1.82) is 5.41 Å². The Labute approximate surface area is 121 Å². The summed E-state index contributed by atoms with van der Waals surface area (Å²) < 4.78 is 23.5. The minimum atomic E-state index is -2.98. The second kappa shape index (κ2) is 4.40. The van der Waals surface area contributed by atoms with E-state index in [-0.39, 0.29) is 22.8 Å². The predicted molar refractivity (Wildman–Crippen MR) is 80.2 cm³/mol. The second-order valence-electron chi connectivity index (χ2n) is 4.91. The standard InChI is InChI=1S/C12H13ClN2O2S2/c1-7-2-3-8(13)4-9(7)15-10-5-19(16,17)6-11(10)18-12(15)14/h2-4,10-11,14H,5-6H2,1H3. The van der Waals surface area contributed by atoms with Crippen LogP contribution in [0.2, 0.25) is 5.02 Å². The summed E-state index contributed by atoms with van der Waals surface area (Å²) in [7, 11) is -2.98. The number of sulfone groups is 1. The summed E-state index contributed by atoms with van der Waals surface area (Å²) in [6.45, 7) is 1.94. The molecule has 2 heterocycles. The molecule has 7 heteroatoms. The zero-order valence-electron chi connectivity index (χ0n) is 10.3. The third-order valence-electron chi connectivity index (χ3n) is 3.52. The number of anilines is 1. The van der Waals surface area contributed by atoms with Gasteiger partial charge in [0.1, 0.15) is 0 Å². The number of fused-ring (bicyclic) bond motifs is 1. The van der Waals surface area contributed by atoms with Gasteiger partial charge in [0.25, 0.3) is 0 Å². The van der Waals surface area contributed by atoms with Crippen LogP contribution in [-0.4, -0.2) is 36.4 Å². The molecule has 2 atom stereocenters. The van der Waals surface area contributed by atoms with Crippen LogP contribution in [0.5, 0.6) is 0 Å². The van der Waals surface area contributed by atoms with Crippen molar-refractivity contribution in [3.8, 4) is 0 Å². The van der Waals surface area contributed by atoms with Gasteiger partial charge in [0.2, 0.25) is 0 Å². The Kier molecular flexibility index (Phi) is 3.07. The first-order chi connectivity index (χ1) is 8.87. The molecular formula is C12H13ClN2O2S2. The highest BCUT2D eigenvalue weighted by Crippen LogP contribution is 2.41. The molecule has 2 aliphatic heterocycles. The minimum Gasteiger partial charge on any atom is -0.316 e. The number of amidine groups is 1. The van der Waals surface area contributed by atoms with Crippen LogP contribution in [0.15, 0.2) is 18.2 Å². The number of rotatable bonds is 1. The van der Waals surface area contributed by atoms with E-state index in [2.05, 4.69) is 0 Å². The molecule has 2 aliphatic rings. The molecule has 102 valence electrons. The molecule has 0 radical (unpaired) electrons. The molecule has 2 saturated heterocycles. The lowest BCUT2D eigenvalue weighted by atomic mass is 10.1.